The smallest absolute Gasteiger partial charge is 0.338 e. The Hall–Kier alpha value is -2.37. The largest absolute Gasteiger partial charge is 0.478 e. The number of likely N-dealkylation sites (tertiary alicyclic amines) is 1. The molecule has 1 aromatic carbocycles. The fourth-order valence-corrected chi connectivity index (χ4v) is 2.59. The maximum atomic E-state index is 11.9. The van der Waals surface area contributed by atoms with Crippen LogP contribution in [0.1, 0.15) is 22.3 Å². The number of benzene rings is 1. The number of carboxylic acids is 1. The maximum absolute atomic E-state index is 11.9. The monoisotopic (exact) mass is 260 g/mol. The average Bonchev–Trinajstić information content (AvgIpc) is 3.09. The SMILES string of the molecule is Nc1cccc(CN2C(=O)C3CC3C2=O)c1C(=O)O. The van der Waals surface area contributed by atoms with Crippen molar-refractivity contribution in [1.82, 2.24) is 4.90 Å². The predicted molar refractivity (Wildman–Crippen MR) is 65.0 cm³/mol. The first-order valence-electron chi connectivity index (χ1n) is 5.96. The van der Waals surface area contributed by atoms with Crippen LogP contribution in [0.5, 0.6) is 0 Å². The summed E-state index contributed by atoms with van der Waals surface area (Å²) in [5.74, 6) is -1.91. The molecule has 1 aromatic rings. The first-order chi connectivity index (χ1) is 9.00. The first-order valence-corrected chi connectivity index (χ1v) is 5.96. The zero-order valence-corrected chi connectivity index (χ0v) is 10.00. The molecule has 0 spiro atoms. The van der Waals surface area contributed by atoms with Crippen LogP contribution in [-0.2, 0) is 16.1 Å². The van der Waals surface area contributed by atoms with E-state index in [1.807, 2.05) is 0 Å². The number of piperidine rings is 1. The van der Waals surface area contributed by atoms with Gasteiger partial charge in [-0.2, -0.15) is 0 Å². The van der Waals surface area contributed by atoms with Crippen molar-refractivity contribution in [3.8, 4) is 0 Å². The van der Waals surface area contributed by atoms with Crippen LogP contribution in [0.3, 0.4) is 0 Å². The highest BCUT2D eigenvalue weighted by Crippen LogP contribution is 2.47. The molecule has 1 heterocycles. The van der Waals surface area contributed by atoms with Gasteiger partial charge in [0.05, 0.1) is 23.9 Å². The van der Waals surface area contributed by atoms with E-state index in [0.717, 1.165) is 4.90 Å². The number of hydrogen-bond donors (Lipinski definition) is 2. The van der Waals surface area contributed by atoms with E-state index in [1.165, 1.54) is 6.07 Å². The number of fused-ring (bicyclic) bond motifs is 1. The molecule has 6 heteroatoms. The van der Waals surface area contributed by atoms with E-state index in [1.54, 1.807) is 12.1 Å². The van der Waals surface area contributed by atoms with Crippen molar-refractivity contribution < 1.29 is 19.5 Å². The summed E-state index contributed by atoms with van der Waals surface area (Å²) in [7, 11) is 0. The average molecular weight is 260 g/mol. The van der Waals surface area contributed by atoms with Gasteiger partial charge in [-0.1, -0.05) is 12.1 Å². The number of anilines is 1. The number of nitrogen functional groups attached to an aromatic ring is 1. The van der Waals surface area contributed by atoms with Crippen LogP contribution in [0.25, 0.3) is 0 Å². The second-order valence-corrected chi connectivity index (χ2v) is 4.90. The third-order valence-corrected chi connectivity index (χ3v) is 3.68. The Labute approximate surface area is 108 Å². The van der Waals surface area contributed by atoms with Gasteiger partial charge in [0, 0.05) is 5.69 Å². The fourth-order valence-electron chi connectivity index (χ4n) is 2.59. The molecule has 1 saturated heterocycles. The molecule has 2 atom stereocenters. The molecule has 1 aliphatic heterocycles. The third-order valence-electron chi connectivity index (χ3n) is 3.68. The van der Waals surface area contributed by atoms with Crippen LogP contribution < -0.4 is 5.73 Å². The fraction of sp³-hybridized carbons (Fsp3) is 0.308. The van der Waals surface area contributed by atoms with E-state index in [2.05, 4.69) is 0 Å². The van der Waals surface area contributed by atoms with Crippen LogP contribution >= 0.6 is 0 Å². The van der Waals surface area contributed by atoms with E-state index >= 15 is 0 Å². The Morgan fingerprint density at radius 3 is 2.53 bits per heavy atom. The number of carboxylic acid groups (broad SMARTS) is 1. The molecule has 0 radical (unpaired) electrons. The van der Waals surface area contributed by atoms with E-state index in [9.17, 15) is 14.4 Å². The molecule has 1 saturated carbocycles. The van der Waals surface area contributed by atoms with Gasteiger partial charge in [0.2, 0.25) is 11.8 Å². The second kappa shape index (κ2) is 3.81. The van der Waals surface area contributed by atoms with E-state index < -0.39 is 5.97 Å². The van der Waals surface area contributed by atoms with Gasteiger partial charge < -0.3 is 10.8 Å². The van der Waals surface area contributed by atoms with Gasteiger partial charge in [0.15, 0.2) is 0 Å². The Morgan fingerprint density at radius 2 is 1.95 bits per heavy atom. The van der Waals surface area contributed by atoms with Crippen molar-refractivity contribution in [3.05, 3.63) is 29.3 Å². The van der Waals surface area contributed by atoms with Gasteiger partial charge in [0.25, 0.3) is 0 Å². The zero-order chi connectivity index (χ0) is 13.7. The third kappa shape index (κ3) is 1.68. The second-order valence-electron chi connectivity index (χ2n) is 4.90. The Balaban J connectivity index is 1.92. The van der Waals surface area contributed by atoms with Gasteiger partial charge in [-0.05, 0) is 18.1 Å². The van der Waals surface area contributed by atoms with Crippen LogP contribution in [0.4, 0.5) is 5.69 Å². The highest BCUT2D eigenvalue weighted by molar-refractivity contribution is 6.09. The van der Waals surface area contributed by atoms with Crippen molar-refractivity contribution in [2.75, 3.05) is 5.73 Å². The van der Waals surface area contributed by atoms with Crippen LogP contribution in [0, 0.1) is 11.8 Å². The molecule has 19 heavy (non-hydrogen) atoms. The van der Waals surface area contributed by atoms with Crippen molar-refractivity contribution in [1.29, 1.82) is 0 Å². The molecule has 6 nitrogen and oxygen atoms in total. The van der Waals surface area contributed by atoms with Crippen LogP contribution in [0.2, 0.25) is 0 Å². The molecule has 3 rings (SSSR count). The number of nitrogens with two attached hydrogens (primary N) is 1. The number of carbonyl (C=O) groups excluding carboxylic acids is 2. The summed E-state index contributed by atoms with van der Waals surface area (Å²) in [6, 6.07) is 4.67. The highest BCUT2D eigenvalue weighted by Gasteiger charge is 2.58. The minimum absolute atomic E-state index is 0.0165. The lowest BCUT2D eigenvalue weighted by Gasteiger charge is -2.18. The van der Waals surface area contributed by atoms with Crippen molar-refractivity contribution in [2.24, 2.45) is 11.8 Å². The normalized spacial score (nSPS) is 24.5. The molecule has 2 aliphatic rings. The number of aromatic carboxylic acids is 1. The number of carbonyl (C=O) groups is 3. The topological polar surface area (TPSA) is 101 Å². The number of hydrogen-bond acceptors (Lipinski definition) is 4. The molecule has 2 unspecified atom stereocenters. The Morgan fingerprint density at radius 1 is 1.32 bits per heavy atom. The molecular weight excluding hydrogens is 248 g/mol. The van der Waals surface area contributed by atoms with Gasteiger partial charge in [-0.3, -0.25) is 14.5 Å². The molecule has 0 bridgehead atoms. The zero-order valence-electron chi connectivity index (χ0n) is 10.00. The van der Waals surface area contributed by atoms with Crippen LogP contribution in [0.15, 0.2) is 18.2 Å². The number of imide groups is 1. The minimum Gasteiger partial charge on any atom is -0.478 e. The summed E-state index contributed by atoms with van der Waals surface area (Å²) in [5.41, 5.74) is 6.11. The van der Waals surface area contributed by atoms with Gasteiger partial charge >= 0.3 is 5.97 Å². The quantitative estimate of drug-likeness (QED) is 0.607. The lowest BCUT2D eigenvalue weighted by Crippen LogP contribution is -2.33. The number of rotatable bonds is 3. The van der Waals surface area contributed by atoms with E-state index in [0.29, 0.717) is 12.0 Å². The summed E-state index contributed by atoms with van der Waals surface area (Å²) >= 11 is 0. The summed E-state index contributed by atoms with van der Waals surface area (Å²) in [5, 5.41) is 9.14. The molecular formula is C13H12N2O4. The highest BCUT2D eigenvalue weighted by atomic mass is 16.4. The Kier molecular flexibility index (Phi) is 2.35. The van der Waals surface area contributed by atoms with Crippen LogP contribution in [-0.4, -0.2) is 27.8 Å². The molecule has 2 fully saturated rings. The van der Waals surface area contributed by atoms with E-state index in [-0.39, 0.29) is 41.4 Å². The molecule has 0 aromatic heterocycles. The van der Waals surface area contributed by atoms with Gasteiger partial charge in [-0.25, -0.2) is 4.79 Å². The minimum atomic E-state index is -1.16. The molecule has 2 amide bonds. The summed E-state index contributed by atoms with van der Waals surface area (Å²) in [4.78, 5) is 36.0. The standard InChI is InChI=1S/C13H12N2O4/c14-9-3-1-2-6(10(9)13(18)19)5-15-11(16)7-4-8(7)12(15)17/h1-3,7-8H,4-5,14H2,(H,18,19). The van der Waals surface area contributed by atoms with E-state index in [4.69, 9.17) is 10.8 Å². The first kappa shape index (κ1) is 11.7. The number of amides is 2. The molecule has 3 N–H and O–H groups in total. The van der Waals surface area contributed by atoms with Crippen molar-refractivity contribution in [3.63, 3.8) is 0 Å². The molecule has 1 aliphatic carbocycles. The Bertz CT molecular complexity index is 591. The predicted octanol–water partition coefficient (Wildman–Crippen LogP) is 0.472. The van der Waals surface area contributed by atoms with Gasteiger partial charge in [-0.15, -0.1) is 0 Å². The lowest BCUT2D eigenvalue weighted by molar-refractivity contribution is -0.142. The summed E-state index contributed by atoms with van der Waals surface area (Å²) in [6.07, 6.45) is 0.636. The summed E-state index contributed by atoms with van der Waals surface area (Å²) in [6.45, 7) is -0.0165. The van der Waals surface area contributed by atoms with Gasteiger partial charge in [0.1, 0.15) is 0 Å². The van der Waals surface area contributed by atoms with Crippen molar-refractivity contribution in [2.45, 2.75) is 13.0 Å². The lowest BCUT2D eigenvalue weighted by atomic mass is 10.0. The summed E-state index contributed by atoms with van der Waals surface area (Å²) < 4.78 is 0. The molecule has 98 valence electrons. The van der Waals surface area contributed by atoms with Crippen molar-refractivity contribution >= 4 is 23.5 Å². The maximum Gasteiger partial charge on any atom is 0.338 e. The number of nitrogens with zero attached hydrogens (tertiary/aromatic N) is 1.